The number of hydrogen-bond acceptors (Lipinski definition) is 4. The Morgan fingerprint density at radius 3 is 2.60 bits per heavy atom. The van der Waals surface area contributed by atoms with E-state index in [2.05, 4.69) is 15.7 Å². The molecule has 1 rings (SSSR count). The molecule has 0 saturated carbocycles. The average Bonchev–Trinajstić information content (AvgIpc) is 2.77. The van der Waals surface area contributed by atoms with E-state index in [9.17, 15) is 14.4 Å². The fourth-order valence-corrected chi connectivity index (χ4v) is 1.48. The number of nitrogens with one attached hydrogen (secondary N) is 2. The minimum absolute atomic E-state index is 0.176. The van der Waals surface area contributed by atoms with Crippen LogP contribution in [0, 0.1) is 0 Å². The minimum Gasteiger partial charge on any atom is -0.481 e. The third-order valence-corrected chi connectivity index (χ3v) is 2.46. The van der Waals surface area contributed by atoms with Gasteiger partial charge in [0.25, 0.3) is 0 Å². The zero-order valence-corrected chi connectivity index (χ0v) is 10.9. The molecule has 1 aromatic heterocycles. The van der Waals surface area contributed by atoms with Crippen molar-refractivity contribution < 1.29 is 24.6 Å². The molecule has 9 heteroatoms. The number of carboxylic acid groups (broad SMARTS) is 2. The van der Waals surface area contributed by atoms with Crippen molar-refractivity contribution in [3.8, 4) is 0 Å². The number of aromatic nitrogens is 2. The van der Waals surface area contributed by atoms with Crippen molar-refractivity contribution in [2.24, 2.45) is 7.05 Å². The number of carboxylic acids is 2. The molecule has 0 aliphatic rings. The lowest BCUT2D eigenvalue weighted by Gasteiger charge is -2.13. The molecule has 0 unspecified atom stereocenters. The highest BCUT2D eigenvalue weighted by molar-refractivity contribution is 5.82. The fourth-order valence-electron chi connectivity index (χ4n) is 1.48. The summed E-state index contributed by atoms with van der Waals surface area (Å²) in [4.78, 5) is 32.8. The molecule has 0 aromatic carbocycles. The SMILES string of the molecule is Cn1cc(CNC(=O)N[C@@H](CCC(=O)O)C(=O)O)cn1. The Bertz CT molecular complexity index is 499. The summed E-state index contributed by atoms with van der Waals surface area (Å²) in [6.45, 7) is 0.199. The highest BCUT2D eigenvalue weighted by Crippen LogP contribution is 1.99. The molecule has 0 spiro atoms. The van der Waals surface area contributed by atoms with Crippen LogP contribution in [-0.4, -0.2) is 44.0 Å². The van der Waals surface area contributed by atoms with Crippen molar-refractivity contribution in [2.45, 2.75) is 25.4 Å². The van der Waals surface area contributed by atoms with Crippen LogP contribution in [0.1, 0.15) is 18.4 Å². The normalized spacial score (nSPS) is 11.7. The van der Waals surface area contributed by atoms with Crippen LogP contribution in [0.15, 0.2) is 12.4 Å². The van der Waals surface area contributed by atoms with E-state index >= 15 is 0 Å². The average molecular weight is 284 g/mol. The molecule has 110 valence electrons. The van der Waals surface area contributed by atoms with Gasteiger partial charge in [-0.25, -0.2) is 9.59 Å². The van der Waals surface area contributed by atoms with E-state index in [4.69, 9.17) is 10.2 Å². The highest BCUT2D eigenvalue weighted by Gasteiger charge is 2.20. The second-order valence-electron chi connectivity index (χ2n) is 4.17. The molecule has 0 bridgehead atoms. The number of nitrogens with zero attached hydrogens (tertiary/aromatic N) is 2. The van der Waals surface area contributed by atoms with E-state index in [-0.39, 0.29) is 19.4 Å². The zero-order chi connectivity index (χ0) is 15.1. The molecule has 1 heterocycles. The predicted octanol–water partition coefficient (Wildman–Crippen LogP) is -0.463. The molecule has 0 aliphatic heterocycles. The third-order valence-electron chi connectivity index (χ3n) is 2.46. The molecule has 20 heavy (non-hydrogen) atoms. The number of amides is 2. The summed E-state index contributed by atoms with van der Waals surface area (Å²) in [5.41, 5.74) is 0.764. The number of rotatable bonds is 7. The number of aryl methyl sites for hydroxylation is 1. The van der Waals surface area contributed by atoms with E-state index < -0.39 is 24.0 Å². The van der Waals surface area contributed by atoms with E-state index in [1.54, 1.807) is 24.1 Å². The van der Waals surface area contributed by atoms with Crippen molar-refractivity contribution in [1.29, 1.82) is 0 Å². The van der Waals surface area contributed by atoms with Crippen LogP contribution in [0.25, 0.3) is 0 Å². The maximum atomic E-state index is 11.5. The van der Waals surface area contributed by atoms with Gasteiger partial charge in [-0.05, 0) is 6.42 Å². The van der Waals surface area contributed by atoms with Crippen molar-refractivity contribution >= 4 is 18.0 Å². The minimum atomic E-state index is -1.28. The van der Waals surface area contributed by atoms with Gasteiger partial charge >= 0.3 is 18.0 Å². The van der Waals surface area contributed by atoms with Crippen molar-refractivity contribution in [2.75, 3.05) is 0 Å². The molecule has 9 nitrogen and oxygen atoms in total. The third kappa shape index (κ3) is 5.38. The number of carbonyl (C=O) groups excluding carboxylic acids is 1. The van der Waals surface area contributed by atoms with Crippen LogP contribution in [0.4, 0.5) is 4.79 Å². The first-order valence-electron chi connectivity index (χ1n) is 5.85. The van der Waals surface area contributed by atoms with Gasteiger partial charge in [-0.2, -0.15) is 5.10 Å². The molecule has 0 fully saturated rings. The van der Waals surface area contributed by atoms with Gasteiger partial charge in [-0.1, -0.05) is 0 Å². The molecule has 4 N–H and O–H groups in total. The lowest BCUT2D eigenvalue weighted by atomic mass is 10.1. The van der Waals surface area contributed by atoms with Crippen LogP contribution in [0.5, 0.6) is 0 Å². The Balaban J connectivity index is 2.41. The van der Waals surface area contributed by atoms with Gasteiger partial charge in [0, 0.05) is 31.8 Å². The second kappa shape index (κ2) is 7.12. The predicted molar refractivity (Wildman–Crippen MR) is 66.9 cm³/mol. The molecule has 2 amide bonds. The van der Waals surface area contributed by atoms with Gasteiger partial charge in [0.2, 0.25) is 0 Å². The Hall–Kier alpha value is -2.58. The van der Waals surface area contributed by atoms with Crippen LogP contribution >= 0.6 is 0 Å². The summed E-state index contributed by atoms with van der Waals surface area (Å²) in [6, 6.07) is -1.91. The van der Waals surface area contributed by atoms with E-state index in [0.29, 0.717) is 0 Å². The molecule has 1 atom stereocenters. The molecule has 0 aliphatic carbocycles. The molecular formula is C11H16N4O5. The van der Waals surface area contributed by atoms with Crippen molar-refractivity contribution in [3.63, 3.8) is 0 Å². The van der Waals surface area contributed by atoms with Crippen LogP contribution in [-0.2, 0) is 23.2 Å². The van der Waals surface area contributed by atoms with Crippen LogP contribution < -0.4 is 10.6 Å². The number of urea groups is 1. The van der Waals surface area contributed by atoms with Gasteiger partial charge < -0.3 is 20.8 Å². The van der Waals surface area contributed by atoms with Crippen molar-refractivity contribution in [1.82, 2.24) is 20.4 Å². The van der Waals surface area contributed by atoms with Crippen molar-refractivity contribution in [3.05, 3.63) is 18.0 Å². The summed E-state index contributed by atoms with van der Waals surface area (Å²) in [5.74, 6) is -2.39. The lowest BCUT2D eigenvalue weighted by molar-refractivity contribution is -0.140. The van der Waals surface area contributed by atoms with Crippen LogP contribution in [0.3, 0.4) is 0 Å². The van der Waals surface area contributed by atoms with Crippen LogP contribution in [0.2, 0.25) is 0 Å². The Labute approximate surface area is 114 Å². The lowest BCUT2D eigenvalue weighted by Crippen LogP contribution is -2.45. The number of hydrogen-bond donors (Lipinski definition) is 4. The Morgan fingerprint density at radius 2 is 2.10 bits per heavy atom. The highest BCUT2D eigenvalue weighted by atomic mass is 16.4. The first kappa shape index (κ1) is 15.5. The molecule has 0 radical (unpaired) electrons. The maximum absolute atomic E-state index is 11.5. The van der Waals surface area contributed by atoms with Gasteiger partial charge in [0.1, 0.15) is 6.04 Å². The second-order valence-corrected chi connectivity index (χ2v) is 4.17. The number of carbonyl (C=O) groups is 3. The fraction of sp³-hybridized carbons (Fsp3) is 0.455. The molecule has 1 aromatic rings. The van der Waals surface area contributed by atoms with Gasteiger partial charge in [0.15, 0.2) is 0 Å². The zero-order valence-electron chi connectivity index (χ0n) is 10.9. The smallest absolute Gasteiger partial charge is 0.326 e. The first-order valence-corrected chi connectivity index (χ1v) is 5.85. The monoisotopic (exact) mass is 284 g/mol. The maximum Gasteiger partial charge on any atom is 0.326 e. The summed E-state index contributed by atoms with van der Waals surface area (Å²) in [7, 11) is 1.73. The van der Waals surface area contributed by atoms with E-state index in [1.165, 1.54) is 0 Å². The number of aliphatic carboxylic acids is 2. The first-order chi connectivity index (χ1) is 9.38. The summed E-state index contributed by atoms with van der Waals surface area (Å²) >= 11 is 0. The summed E-state index contributed by atoms with van der Waals surface area (Å²) in [6.07, 6.45) is 2.77. The quantitative estimate of drug-likeness (QED) is 0.535. The van der Waals surface area contributed by atoms with Gasteiger partial charge in [-0.3, -0.25) is 9.48 Å². The molecular weight excluding hydrogens is 268 g/mol. The topological polar surface area (TPSA) is 134 Å². The molecule has 0 saturated heterocycles. The largest absolute Gasteiger partial charge is 0.481 e. The Morgan fingerprint density at radius 1 is 1.40 bits per heavy atom. The van der Waals surface area contributed by atoms with Gasteiger partial charge in [0.05, 0.1) is 6.20 Å². The summed E-state index contributed by atoms with van der Waals surface area (Å²) < 4.78 is 1.57. The van der Waals surface area contributed by atoms with E-state index in [0.717, 1.165) is 5.56 Å². The summed E-state index contributed by atoms with van der Waals surface area (Å²) in [5, 5.41) is 26.0. The van der Waals surface area contributed by atoms with Gasteiger partial charge in [-0.15, -0.1) is 0 Å². The Kier molecular flexibility index (Phi) is 5.51. The standard InChI is InChI=1S/C11H16N4O5/c1-15-6-7(5-13-15)4-12-11(20)14-8(10(18)19)2-3-9(16)17/h5-6,8H,2-4H2,1H3,(H,16,17)(H,18,19)(H2,12,14,20)/t8-/m0/s1. The van der Waals surface area contributed by atoms with E-state index in [1.807, 2.05) is 0 Å².